The van der Waals surface area contributed by atoms with Crippen molar-refractivity contribution in [1.82, 2.24) is 4.72 Å². The van der Waals surface area contributed by atoms with Crippen LogP contribution in [0.4, 0.5) is 0 Å². The first kappa shape index (κ1) is 17.3. The van der Waals surface area contributed by atoms with Crippen molar-refractivity contribution >= 4 is 49.0 Å². The summed E-state index contributed by atoms with van der Waals surface area (Å²) in [4.78, 5) is 11.3. The van der Waals surface area contributed by atoms with Crippen LogP contribution in [0.3, 0.4) is 0 Å². The van der Waals surface area contributed by atoms with E-state index in [1.807, 2.05) is 6.07 Å². The molecule has 1 atom stereocenters. The molecule has 1 heterocycles. The van der Waals surface area contributed by atoms with Crippen molar-refractivity contribution in [3.63, 3.8) is 0 Å². The fourth-order valence-electron chi connectivity index (χ4n) is 2.06. The molecule has 1 unspecified atom stereocenters. The van der Waals surface area contributed by atoms with E-state index in [9.17, 15) is 13.2 Å². The van der Waals surface area contributed by atoms with Gasteiger partial charge in [0.25, 0.3) is 0 Å². The molecular formula is C13H14BrNO5S2. The van der Waals surface area contributed by atoms with Gasteiger partial charge in [0.2, 0.25) is 10.0 Å². The van der Waals surface area contributed by atoms with Gasteiger partial charge in [-0.05, 0) is 19.1 Å². The molecule has 0 aromatic heterocycles. The zero-order chi connectivity index (χ0) is 16.5. The SMILES string of the molecule is COC(=O)C(=S)C(C)NS(=O)(=O)c1cc(Br)cc2c1OCC2. The Hall–Kier alpha value is -1.03. The van der Waals surface area contributed by atoms with Crippen molar-refractivity contribution in [2.24, 2.45) is 0 Å². The summed E-state index contributed by atoms with van der Waals surface area (Å²) in [5.74, 6) is -0.396. The fourth-order valence-corrected chi connectivity index (χ4v) is 4.36. The number of nitrogens with one attached hydrogen (secondary N) is 1. The second kappa shape index (κ2) is 6.61. The van der Waals surface area contributed by atoms with E-state index in [0.29, 0.717) is 23.2 Å². The third-order valence-electron chi connectivity index (χ3n) is 3.12. The first-order valence-corrected chi connectivity index (χ1v) is 9.04. The summed E-state index contributed by atoms with van der Waals surface area (Å²) in [5, 5.41) is 0. The van der Waals surface area contributed by atoms with E-state index >= 15 is 0 Å². The summed E-state index contributed by atoms with van der Waals surface area (Å²) < 4.78 is 38.0. The maximum atomic E-state index is 12.5. The largest absolute Gasteiger partial charge is 0.492 e. The molecule has 0 saturated heterocycles. The number of sulfonamides is 1. The van der Waals surface area contributed by atoms with Gasteiger partial charge in [0, 0.05) is 16.5 Å². The molecule has 0 aliphatic carbocycles. The number of carbonyl (C=O) groups excluding carboxylic acids is 1. The lowest BCUT2D eigenvalue weighted by Crippen LogP contribution is -2.41. The third kappa shape index (κ3) is 3.48. The Balaban J connectivity index is 2.32. The second-order valence-corrected chi connectivity index (χ2v) is 7.73. The molecule has 1 aromatic carbocycles. The standard InChI is InChI=1S/C13H14BrNO5S2/c1-7(12(21)13(16)19-2)15-22(17,18)10-6-9(14)5-8-3-4-20-11(8)10/h5-7,15H,3-4H2,1-2H3. The monoisotopic (exact) mass is 407 g/mol. The van der Waals surface area contributed by atoms with Gasteiger partial charge in [0.05, 0.1) is 19.8 Å². The summed E-state index contributed by atoms with van der Waals surface area (Å²) >= 11 is 8.19. The van der Waals surface area contributed by atoms with Crippen LogP contribution in [0.2, 0.25) is 0 Å². The van der Waals surface area contributed by atoms with E-state index in [4.69, 9.17) is 17.0 Å². The highest BCUT2D eigenvalue weighted by Crippen LogP contribution is 2.35. The number of carbonyl (C=O) groups is 1. The first-order valence-electron chi connectivity index (χ1n) is 6.36. The van der Waals surface area contributed by atoms with E-state index in [1.54, 1.807) is 0 Å². The first-order chi connectivity index (χ1) is 10.3. The Kier molecular flexibility index (Phi) is 5.21. The van der Waals surface area contributed by atoms with Crippen LogP contribution in [-0.2, 0) is 26.0 Å². The summed E-state index contributed by atoms with van der Waals surface area (Å²) in [6, 6.07) is 2.41. The van der Waals surface area contributed by atoms with Gasteiger partial charge in [-0.3, -0.25) is 0 Å². The minimum Gasteiger partial charge on any atom is -0.492 e. The van der Waals surface area contributed by atoms with Gasteiger partial charge < -0.3 is 9.47 Å². The van der Waals surface area contributed by atoms with Gasteiger partial charge in [-0.15, -0.1) is 0 Å². The average Bonchev–Trinajstić information content (AvgIpc) is 2.91. The van der Waals surface area contributed by atoms with Crippen LogP contribution in [0.15, 0.2) is 21.5 Å². The molecule has 1 aliphatic heterocycles. The van der Waals surface area contributed by atoms with Crippen LogP contribution in [0.25, 0.3) is 0 Å². The molecular weight excluding hydrogens is 394 g/mol. The Morgan fingerprint density at radius 2 is 2.18 bits per heavy atom. The maximum absolute atomic E-state index is 12.5. The molecule has 0 fully saturated rings. The molecule has 9 heteroatoms. The van der Waals surface area contributed by atoms with Gasteiger partial charge in [0.1, 0.15) is 15.5 Å². The lowest BCUT2D eigenvalue weighted by atomic mass is 10.2. The summed E-state index contributed by atoms with van der Waals surface area (Å²) in [6.07, 6.45) is 0.646. The number of rotatable bonds is 5. The van der Waals surface area contributed by atoms with Gasteiger partial charge >= 0.3 is 5.97 Å². The molecule has 0 amide bonds. The number of hydrogen-bond donors (Lipinski definition) is 1. The normalized spacial score (nSPS) is 14.9. The van der Waals surface area contributed by atoms with E-state index in [1.165, 1.54) is 20.1 Å². The number of ether oxygens (including phenoxy) is 2. The lowest BCUT2D eigenvalue weighted by Gasteiger charge is -2.16. The topological polar surface area (TPSA) is 81.7 Å². The van der Waals surface area contributed by atoms with Crippen molar-refractivity contribution < 1.29 is 22.7 Å². The van der Waals surface area contributed by atoms with Crippen LogP contribution in [0.5, 0.6) is 5.75 Å². The van der Waals surface area contributed by atoms with E-state index in [2.05, 4.69) is 25.4 Å². The van der Waals surface area contributed by atoms with Crippen LogP contribution < -0.4 is 9.46 Å². The lowest BCUT2D eigenvalue weighted by molar-refractivity contribution is -0.132. The van der Waals surface area contributed by atoms with E-state index < -0.39 is 22.0 Å². The van der Waals surface area contributed by atoms with Crippen molar-refractivity contribution in [2.75, 3.05) is 13.7 Å². The molecule has 0 bridgehead atoms. The number of halogens is 1. The minimum absolute atomic E-state index is 0.0221. The van der Waals surface area contributed by atoms with E-state index in [-0.39, 0.29) is 9.76 Å². The molecule has 120 valence electrons. The molecule has 1 aromatic rings. The predicted molar refractivity (Wildman–Crippen MR) is 87.7 cm³/mol. The quantitative estimate of drug-likeness (QED) is 0.589. The molecule has 22 heavy (non-hydrogen) atoms. The second-order valence-electron chi connectivity index (χ2n) is 4.69. The molecule has 0 spiro atoms. The molecule has 0 radical (unpaired) electrons. The Morgan fingerprint density at radius 3 is 2.82 bits per heavy atom. The zero-order valence-corrected chi connectivity index (χ0v) is 15.1. The number of benzene rings is 1. The van der Waals surface area contributed by atoms with Gasteiger partial charge in [-0.1, -0.05) is 28.1 Å². The van der Waals surface area contributed by atoms with Gasteiger partial charge in [-0.25, -0.2) is 17.9 Å². The molecule has 0 saturated carbocycles. The number of methoxy groups -OCH3 is 1. The average molecular weight is 408 g/mol. The van der Waals surface area contributed by atoms with Crippen molar-refractivity contribution in [3.05, 3.63) is 22.2 Å². The molecule has 6 nitrogen and oxygen atoms in total. The maximum Gasteiger partial charge on any atom is 0.346 e. The zero-order valence-electron chi connectivity index (χ0n) is 11.9. The Bertz CT molecular complexity index is 732. The summed E-state index contributed by atoms with van der Waals surface area (Å²) in [7, 11) is -2.71. The molecule has 1 N–H and O–H groups in total. The molecule has 2 rings (SSSR count). The number of hydrogen-bond acceptors (Lipinski definition) is 6. The highest BCUT2D eigenvalue weighted by Gasteiger charge is 2.29. The van der Waals surface area contributed by atoms with Crippen LogP contribution in [0, 0.1) is 0 Å². The van der Waals surface area contributed by atoms with Gasteiger partial charge in [-0.2, -0.15) is 0 Å². The Labute approximate surface area is 142 Å². The van der Waals surface area contributed by atoms with Crippen molar-refractivity contribution in [2.45, 2.75) is 24.3 Å². The Morgan fingerprint density at radius 1 is 1.50 bits per heavy atom. The third-order valence-corrected chi connectivity index (χ3v) is 5.64. The number of esters is 1. The van der Waals surface area contributed by atoms with Crippen LogP contribution in [-0.4, -0.2) is 39.0 Å². The highest BCUT2D eigenvalue weighted by molar-refractivity contribution is 9.10. The van der Waals surface area contributed by atoms with E-state index in [0.717, 1.165) is 5.56 Å². The highest BCUT2D eigenvalue weighted by atomic mass is 79.9. The summed E-state index contributed by atoms with van der Waals surface area (Å²) in [5.41, 5.74) is 0.818. The minimum atomic E-state index is -3.89. The molecule has 1 aliphatic rings. The van der Waals surface area contributed by atoms with Gasteiger partial charge in [0.15, 0.2) is 0 Å². The predicted octanol–water partition coefficient (Wildman–Crippen LogP) is 1.59. The number of thiocarbonyl (C=S) groups is 1. The van der Waals surface area contributed by atoms with Crippen LogP contribution in [0.1, 0.15) is 12.5 Å². The van der Waals surface area contributed by atoms with Crippen molar-refractivity contribution in [3.8, 4) is 5.75 Å². The fraction of sp³-hybridized carbons (Fsp3) is 0.385. The summed E-state index contributed by atoms with van der Waals surface area (Å²) in [6.45, 7) is 1.92. The number of fused-ring (bicyclic) bond motifs is 1. The van der Waals surface area contributed by atoms with Crippen LogP contribution >= 0.6 is 28.1 Å². The smallest absolute Gasteiger partial charge is 0.346 e. The van der Waals surface area contributed by atoms with Crippen molar-refractivity contribution in [1.29, 1.82) is 0 Å².